The summed E-state index contributed by atoms with van der Waals surface area (Å²) < 4.78 is 0. The number of amides is 2. The van der Waals surface area contributed by atoms with Gasteiger partial charge in [-0.2, -0.15) is 0 Å². The number of hydrogen-bond donors (Lipinski definition) is 2. The molecular weight excluding hydrogens is 286 g/mol. The molecule has 3 aliphatic heterocycles. The highest BCUT2D eigenvalue weighted by Gasteiger charge is 2.48. The largest absolute Gasteiger partial charge is 0.327 e. The Morgan fingerprint density at radius 1 is 1.22 bits per heavy atom. The summed E-state index contributed by atoms with van der Waals surface area (Å²) in [4.78, 5) is 14.7. The lowest BCUT2D eigenvalue weighted by Gasteiger charge is -2.35. The van der Waals surface area contributed by atoms with Crippen molar-refractivity contribution in [2.45, 2.75) is 51.6 Å². The van der Waals surface area contributed by atoms with E-state index in [4.69, 9.17) is 0 Å². The number of benzene rings is 1. The SMILES string of the molecule is Cc1cc(C)c2c(c1)CN1C(=O)NC3(CCNCC3)C1=CC2C. The number of piperidine rings is 1. The van der Waals surface area contributed by atoms with Crippen molar-refractivity contribution >= 4 is 6.03 Å². The number of carbonyl (C=O) groups excluding carboxylic acids is 1. The molecule has 0 aromatic heterocycles. The number of hydrogen-bond acceptors (Lipinski definition) is 2. The minimum Gasteiger partial charge on any atom is -0.327 e. The first-order valence-electron chi connectivity index (χ1n) is 8.63. The molecule has 4 heteroatoms. The third-order valence-electron chi connectivity index (χ3n) is 5.64. The molecule has 1 unspecified atom stereocenters. The van der Waals surface area contributed by atoms with Gasteiger partial charge in [-0.25, -0.2) is 4.79 Å². The summed E-state index contributed by atoms with van der Waals surface area (Å²) in [5, 5.41) is 6.71. The normalized spacial score (nSPS) is 25.5. The van der Waals surface area contributed by atoms with E-state index < -0.39 is 0 Å². The molecule has 4 nitrogen and oxygen atoms in total. The van der Waals surface area contributed by atoms with Gasteiger partial charge in [0.05, 0.1) is 12.1 Å². The Morgan fingerprint density at radius 3 is 2.70 bits per heavy atom. The van der Waals surface area contributed by atoms with Crippen molar-refractivity contribution in [3.8, 4) is 0 Å². The van der Waals surface area contributed by atoms with Gasteiger partial charge in [0.25, 0.3) is 0 Å². The van der Waals surface area contributed by atoms with Gasteiger partial charge in [-0.3, -0.25) is 4.90 Å². The van der Waals surface area contributed by atoms with Crippen LogP contribution in [0.25, 0.3) is 0 Å². The van der Waals surface area contributed by atoms with Crippen molar-refractivity contribution in [3.63, 3.8) is 0 Å². The zero-order valence-corrected chi connectivity index (χ0v) is 14.2. The maximum absolute atomic E-state index is 12.7. The number of fused-ring (bicyclic) bond motifs is 3. The van der Waals surface area contributed by atoms with E-state index >= 15 is 0 Å². The van der Waals surface area contributed by atoms with E-state index in [1.165, 1.54) is 28.0 Å². The topological polar surface area (TPSA) is 44.4 Å². The van der Waals surface area contributed by atoms with Gasteiger partial charge in [0, 0.05) is 11.6 Å². The van der Waals surface area contributed by atoms with Gasteiger partial charge in [0.2, 0.25) is 0 Å². The fraction of sp³-hybridized carbons (Fsp3) is 0.526. The van der Waals surface area contributed by atoms with Crippen molar-refractivity contribution in [2.75, 3.05) is 13.1 Å². The number of urea groups is 1. The van der Waals surface area contributed by atoms with Crippen molar-refractivity contribution in [1.82, 2.24) is 15.5 Å². The highest BCUT2D eigenvalue weighted by molar-refractivity contribution is 5.82. The van der Waals surface area contributed by atoms with Crippen molar-refractivity contribution in [3.05, 3.63) is 46.2 Å². The van der Waals surface area contributed by atoms with Crippen LogP contribution in [0.15, 0.2) is 23.9 Å². The Kier molecular flexibility index (Phi) is 3.27. The smallest absolute Gasteiger partial charge is 0.322 e. The lowest BCUT2D eigenvalue weighted by atomic mass is 9.83. The summed E-state index contributed by atoms with van der Waals surface area (Å²) in [5.41, 5.74) is 6.33. The maximum Gasteiger partial charge on any atom is 0.322 e. The molecule has 1 aromatic carbocycles. The van der Waals surface area contributed by atoms with Crippen LogP contribution in [0.5, 0.6) is 0 Å². The quantitative estimate of drug-likeness (QED) is 0.774. The van der Waals surface area contributed by atoms with E-state index in [-0.39, 0.29) is 11.6 Å². The van der Waals surface area contributed by atoms with Crippen molar-refractivity contribution in [2.24, 2.45) is 0 Å². The summed E-state index contributed by atoms with van der Waals surface area (Å²) in [6.45, 7) is 9.20. The fourth-order valence-electron chi connectivity index (χ4n) is 4.68. The van der Waals surface area contributed by atoms with Crippen molar-refractivity contribution in [1.29, 1.82) is 0 Å². The molecule has 122 valence electrons. The molecule has 2 fully saturated rings. The van der Waals surface area contributed by atoms with Crippen LogP contribution in [0.2, 0.25) is 0 Å². The molecule has 2 N–H and O–H groups in total. The number of nitrogens with zero attached hydrogens (tertiary/aromatic N) is 1. The Labute approximate surface area is 137 Å². The first kappa shape index (κ1) is 14.8. The van der Waals surface area contributed by atoms with Crippen LogP contribution >= 0.6 is 0 Å². The molecule has 4 rings (SSSR count). The predicted octanol–water partition coefficient (Wildman–Crippen LogP) is 2.95. The molecular formula is C19H25N3O. The highest BCUT2D eigenvalue weighted by atomic mass is 16.2. The molecule has 2 saturated heterocycles. The number of allylic oxidation sites excluding steroid dienone is 1. The second kappa shape index (κ2) is 5.10. The maximum atomic E-state index is 12.7. The van der Waals surface area contributed by atoms with E-state index in [1.807, 2.05) is 4.90 Å². The summed E-state index contributed by atoms with van der Waals surface area (Å²) in [7, 11) is 0. The van der Waals surface area contributed by atoms with Crippen LogP contribution in [0, 0.1) is 13.8 Å². The zero-order valence-electron chi connectivity index (χ0n) is 14.2. The molecule has 1 atom stereocenters. The number of rotatable bonds is 0. The van der Waals surface area contributed by atoms with Crippen LogP contribution in [0.1, 0.15) is 47.9 Å². The van der Waals surface area contributed by atoms with E-state index in [2.05, 4.69) is 49.6 Å². The molecule has 23 heavy (non-hydrogen) atoms. The standard InChI is InChI=1S/C19H25N3O/c1-12-8-13(2)17-14(3)10-16-19(4-6-20-7-5-19)21-18(23)22(16)11-15(17)9-12/h8-10,14,20H,4-7,11H2,1-3H3,(H,21,23). The molecule has 0 radical (unpaired) electrons. The van der Waals surface area contributed by atoms with Crippen LogP contribution < -0.4 is 10.6 Å². The number of aryl methyl sites for hydroxylation is 2. The lowest BCUT2D eigenvalue weighted by molar-refractivity contribution is 0.220. The number of carbonyl (C=O) groups is 1. The van der Waals surface area contributed by atoms with E-state index in [1.54, 1.807) is 0 Å². The third kappa shape index (κ3) is 2.19. The Bertz CT molecular complexity index is 701. The van der Waals surface area contributed by atoms with E-state index in [9.17, 15) is 4.79 Å². The minimum atomic E-state index is -0.165. The van der Waals surface area contributed by atoms with Crippen LogP contribution in [0.3, 0.4) is 0 Å². The molecule has 3 aliphatic rings. The Hall–Kier alpha value is -1.81. The van der Waals surface area contributed by atoms with Gasteiger partial charge in [0.1, 0.15) is 0 Å². The van der Waals surface area contributed by atoms with E-state index in [0.29, 0.717) is 12.5 Å². The Morgan fingerprint density at radius 2 is 1.96 bits per heavy atom. The lowest BCUT2D eigenvalue weighted by Crippen LogP contribution is -2.50. The highest BCUT2D eigenvalue weighted by Crippen LogP contribution is 2.41. The van der Waals surface area contributed by atoms with Crippen molar-refractivity contribution < 1.29 is 4.79 Å². The summed E-state index contributed by atoms with van der Waals surface area (Å²) in [6, 6.07) is 4.57. The zero-order chi connectivity index (χ0) is 16.2. The molecule has 0 aliphatic carbocycles. The third-order valence-corrected chi connectivity index (χ3v) is 5.64. The minimum absolute atomic E-state index is 0.0670. The molecule has 1 spiro atoms. The van der Waals surface area contributed by atoms with Gasteiger partial charge in [0.15, 0.2) is 0 Å². The molecule has 2 amide bonds. The second-order valence-corrected chi connectivity index (χ2v) is 7.34. The average Bonchev–Trinajstić information content (AvgIpc) is 2.65. The van der Waals surface area contributed by atoms with Crippen LogP contribution in [0.4, 0.5) is 4.79 Å². The first-order chi connectivity index (χ1) is 11.0. The predicted molar refractivity (Wildman–Crippen MR) is 91.3 cm³/mol. The van der Waals surface area contributed by atoms with Gasteiger partial charge in [-0.1, -0.05) is 30.7 Å². The summed E-state index contributed by atoms with van der Waals surface area (Å²) >= 11 is 0. The van der Waals surface area contributed by atoms with Gasteiger partial charge >= 0.3 is 6.03 Å². The van der Waals surface area contributed by atoms with Gasteiger partial charge < -0.3 is 10.6 Å². The van der Waals surface area contributed by atoms with Gasteiger partial charge in [-0.05, 0) is 56.5 Å². The fourth-order valence-corrected chi connectivity index (χ4v) is 4.68. The molecule has 1 aromatic rings. The second-order valence-electron chi connectivity index (χ2n) is 7.34. The molecule has 0 bridgehead atoms. The van der Waals surface area contributed by atoms with Gasteiger partial charge in [-0.15, -0.1) is 0 Å². The molecule has 3 heterocycles. The Balaban J connectivity index is 1.83. The van der Waals surface area contributed by atoms with Crippen LogP contribution in [-0.2, 0) is 6.54 Å². The first-order valence-corrected chi connectivity index (χ1v) is 8.63. The summed E-state index contributed by atoms with van der Waals surface area (Å²) in [6.07, 6.45) is 4.28. The summed E-state index contributed by atoms with van der Waals surface area (Å²) in [5.74, 6) is 0.338. The number of nitrogens with one attached hydrogen (secondary N) is 2. The molecule has 0 saturated carbocycles. The van der Waals surface area contributed by atoms with E-state index in [0.717, 1.165) is 25.9 Å². The average molecular weight is 311 g/mol. The van der Waals surface area contributed by atoms with Crippen LogP contribution in [-0.4, -0.2) is 29.6 Å². The monoisotopic (exact) mass is 311 g/mol.